The van der Waals surface area contributed by atoms with Crippen molar-refractivity contribution >= 4 is 44.7 Å². The minimum atomic E-state index is 0.703. The Morgan fingerprint density at radius 2 is 1.70 bits per heavy atom. The van der Waals surface area contributed by atoms with Gasteiger partial charge in [0.15, 0.2) is 0 Å². The fourth-order valence-corrected chi connectivity index (χ4v) is 2.77. The van der Waals surface area contributed by atoms with E-state index in [1.54, 1.807) is 0 Å². The second-order valence-corrected chi connectivity index (χ2v) is 5.70. The topological polar surface area (TPSA) is 35.8 Å². The number of anilines is 2. The molecule has 0 bridgehead atoms. The van der Waals surface area contributed by atoms with Crippen molar-refractivity contribution in [3.05, 3.63) is 69.8 Å². The van der Waals surface area contributed by atoms with Crippen molar-refractivity contribution in [2.75, 3.05) is 5.32 Å². The molecule has 0 fully saturated rings. The van der Waals surface area contributed by atoms with Gasteiger partial charge >= 0.3 is 0 Å². The lowest BCUT2D eigenvalue weighted by atomic mass is 10.0. The maximum Gasteiger partial charge on any atom is 0.0998 e. The zero-order chi connectivity index (χ0) is 13.9. The van der Waals surface area contributed by atoms with E-state index in [9.17, 15) is 5.26 Å². The van der Waals surface area contributed by atoms with Gasteiger partial charge in [-0.3, -0.25) is 0 Å². The number of nitrogens with one attached hydrogen (secondary N) is 1. The maximum absolute atomic E-state index is 9.18. The molecule has 0 atom stereocenters. The molecule has 96 valence electrons. The molecule has 0 aliphatic heterocycles. The van der Waals surface area contributed by atoms with Crippen LogP contribution in [-0.2, 0) is 0 Å². The van der Waals surface area contributed by atoms with E-state index in [0.29, 0.717) is 5.56 Å². The van der Waals surface area contributed by atoms with E-state index < -0.39 is 0 Å². The van der Waals surface area contributed by atoms with Gasteiger partial charge in [-0.05, 0) is 52.9 Å². The van der Waals surface area contributed by atoms with Gasteiger partial charge < -0.3 is 5.32 Å². The lowest BCUT2D eigenvalue weighted by molar-refractivity contribution is 1.50. The molecule has 0 saturated heterocycles. The molecule has 0 radical (unpaired) electrons. The van der Waals surface area contributed by atoms with Crippen LogP contribution in [0.5, 0.6) is 0 Å². The first kappa shape index (κ1) is 12.9. The fourth-order valence-electron chi connectivity index (χ4n) is 2.23. The Bertz CT molecular complexity index is 819. The summed E-state index contributed by atoms with van der Waals surface area (Å²) in [6.07, 6.45) is 0. The molecule has 1 N–H and O–H groups in total. The van der Waals surface area contributed by atoms with Crippen molar-refractivity contribution in [3.8, 4) is 6.07 Å². The molecule has 3 aromatic rings. The number of hydrogen-bond acceptors (Lipinski definition) is 2. The number of nitrogens with zero attached hydrogens (tertiary/aromatic N) is 1. The van der Waals surface area contributed by atoms with Crippen LogP contribution in [0.2, 0.25) is 0 Å². The van der Waals surface area contributed by atoms with Gasteiger partial charge in [0.25, 0.3) is 0 Å². The molecule has 3 heteroatoms. The Morgan fingerprint density at radius 3 is 2.45 bits per heavy atom. The van der Waals surface area contributed by atoms with Crippen LogP contribution in [0.15, 0.2) is 60.7 Å². The summed E-state index contributed by atoms with van der Waals surface area (Å²) in [5.74, 6) is 0. The Kier molecular flexibility index (Phi) is 3.57. The van der Waals surface area contributed by atoms with Crippen molar-refractivity contribution in [2.45, 2.75) is 0 Å². The third kappa shape index (κ3) is 2.47. The number of nitriles is 1. The average Bonchev–Trinajstić information content (AvgIpc) is 2.48. The van der Waals surface area contributed by atoms with Gasteiger partial charge in [-0.1, -0.05) is 30.3 Å². The third-order valence-electron chi connectivity index (χ3n) is 3.15. The van der Waals surface area contributed by atoms with Crippen molar-refractivity contribution in [2.24, 2.45) is 0 Å². The fraction of sp³-hybridized carbons (Fsp3) is 0. The summed E-state index contributed by atoms with van der Waals surface area (Å²) in [5, 5.41) is 14.6. The highest BCUT2D eigenvalue weighted by Gasteiger charge is 2.05. The molecule has 0 amide bonds. The molecule has 3 aromatic carbocycles. The lowest BCUT2D eigenvalue weighted by Crippen LogP contribution is -1.93. The smallest absolute Gasteiger partial charge is 0.0998 e. The number of hydrogen-bond donors (Lipinski definition) is 1. The van der Waals surface area contributed by atoms with Crippen LogP contribution in [-0.4, -0.2) is 0 Å². The SMILES string of the molecule is N#Cc1ccc(Nc2cccc(I)c2)c2ccccc12. The first-order chi connectivity index (χ1) is 9.78. The maximum atomic E-state index is 9.18. The van der Waals surface area contributed by atoms with Gasteiger partial charge in [-0.15, -0.1) is 0 Å². The average molecular weight is 370 g/mol. The normalized spacial score (nSPS) is 10.2. The monoisotopic (exact) mass is 370 g/mol. The highest BCUT2D eigenvalue weighted by atomic mass is 127. The predicted octanol–water partition coefficient (Wildman–Crippen LogP) is 5.06. The Labute approximate surface area is 131 Å². The van der Waals surface area contributed by atoms with Gasteiger partial charge in [0.2, 0.25) is 0 Å². The largest absolute Gasteiger partial charge is 0.355 e. The quantitative estimate of drug-likeness (QED) is 0.640. The summed E-state index contributed by atoms with van der Waals surface area (Å²) in [4.78, 5) is 0. The molecule has 20 heavy (non-hydrogen) atoms. The second kappa shape index (κ2) is 5.51. The zero-order valence-electron chi connectivity index (χ0n) is 10.6. The molecule has 0 unspecified atom stereocenters. The number of fused-ring (bicyclic) bond motifs is 1. The van der Waals surface area contributed by atoms with E-state index in [1.165, 1.54) is 3.57 Å². The minimum Gasteiger partial charge on any atom is -0.355 e. The van der Waals surface area contributed by atoms with Crippen LogP contribution < -0.4 is 5.32 Å². The summed E-state index contributed by atoms with van der Waals surface area (Å²) in [5.41, 5.74) is 2.77. The van der Waals surface area contributed by atoms with Crippen LogP contribution in [0.4, 0.5) is 11.4 Å². The van der Waals surface area contributed by atoms with Gasteiger partial charge in [0.1, 0.15) is 0 Å². The molecular formula is C17H11IN2. The summed E-state index contributed by atoms with van der Waals surface area (Å²) < 4.78 is 1.19. The van der Waals surface area contributed by atoms with Crippen molar-refractivity contribution in [1.29, 1.82) is 5.26 Å². The third-order valence-corrected chi connectivity index (χ3v) is 3.82. The first-order valence-corrected chi connectivity index (χ1v) is 7.30. The van der Waals surface area contributed by atoms with Gasteiger partial charge in [-0.25, -0.2) is 0 Å². The first-order valence-electron chi connectivity index (χ1n) is 6.22. The molecule has 0 heterocycles. The molecule has 3 rings (SSSR count). The lowest BCUT2D eigenvalue weighted by Gasteiger charge is -2.11. The summed E-state index contributed by atoms with van der Waals surface area (Å²) >= 11 is 2.29. The van der Waals surface area contributed by atoms with Gasteiger partial charge in [-0.2, -0.15) is 5.26 Å². The second-order valence-electron chi connectivity index (χ2n) is 4.45. The van der Waals surface area contributed by atoms with E-state index in [2.05, 4.69) is 46.1 Å². The van der Waals surface area contributed by atoms with E-state index in [1.807, 2.05) is 48.5 Å². The number of rotatable bonds is 2. The molecule has 0 aromatic heterocycles. The summed E-state index contributed by atoms with van der Waals surface area (Å²) in [6, 6.07) is 22.2. The number of benzene rings is 3. The van der Waals surface area contributed by atoms with E-state index in [-0.39, 0.29) is 0 Å². The van der Waals surface area contributed by atoms with Crippen molar-refractivity contribution in [3.63, 3.8) is 0 Å². The van der Waals surface area contributed by atoms with E-state index >= 15 is 0 Å². The highest BCUT2D eigenvalue weighted by Crippen LogP contribution is 2.29. The van der Waals surface area contributed by atoms with Crippen LogP contribution in [0.3, 0.4) is 0 Å². The Morgan fingerprint density at radius 1 is 0.900 bits per heavy atom. The van der Waals surface area contributed by atoms with E-state index in [0.717, 1.165) is 22.1 Å². The number of halogens is 1. The minimum absolute atomic E-state index is 0.703. The zero-order valence-corrected chi connectivity index (χ0v) is 12.8. The van der Waals surface area contributed by atoms with Crippen LogP contribution in [0, 0.1) is 14.9 Å². The Balaban J connectivity index is 2.11. The Hall–Kier alpha value is -2.06. The van der Waals surface area contributed by atoms with Crippen molar-refractivity contribution < 1.29 is 0 Å². The van der Waals surface area contributed by atoms with Gasteiger partial charge in [0.05, 0.1) is 11.6 Å². The summed E-state index contributed by atoms with van der Waals surface area (Å²) in [7, 11) is 0. The van der Waals surface area contributed by atoms with Crippen molar-refractivity contribution in [1.82, 2.24) is 0 Å². The molecular weight excluding hydrogens is 359 g/mol. The predicted molar refractivity (Wildman–Crippen MR) is 91.1 cm³/mol. The molecule has 2 nitrogen and oxygen atoms in total. The molecule has 0 spiro atoms. The summed E-state index contributed by atoms with van der Waals surface area (Å²) in [6.45, 7) is 0. The van der Waals surface area contributed by atoms with Crippen LogP contribution >= 0.6 is 22.6 Å². The molecule has 0 aliphatic carbocycles. The highest BCUT2D eigenvalue weighted by molar-refractivity contribution is 14.1. The van der Waals surface area contributed by atoms with Crippen LogP contribution in [0.25, 0.3) is 10.8 Å². The van der Waals surface area contributed by atoms with Gasteiger partial charge in [0, 0.05) is 25.7 Å². The standard InChI is InChI=1S/C17H11IN2/c18-13-4-3-5-14(10-13)20-17-9-8-12(11-19)15-6-1-2-7-16(15)17/h1-10,20H. The van der Waals surface area contributed by atoms with Crippen LogP contribution in [0.1, 0.15) is 5.56 Å². The molecule has 0 aliphatic rings. The van der Waals surface area contributed by atoms with E-state index in [4.69, 9.17) is 0 Å². The molecule has 0 saturated carbocycles.